The van der Waals surface area contributed by atoms with Crippen LogP contribution in [0.25, 0.3) is 11.3 Å². The van der Waals surface area contributed by atoms with Gasteiger partial charge in [0.25, 0.3) is 5.91 Å². The molecule has 156 valence electrons. The highest BCUT2D eigenvalue weighted by Crippen LogP contribution is 2.43. The number of carbonyl (C=O) groups is 1. The first-order valence-electron chi connectivity index (χ1n) is 9.42. The monoisotopic (exact) mass is 411 g/mol. The van der Waals surface area contributed by atoms with Crippen LogP contribution in [0.4, 0.5) is 4.39 Å². The summed E-state index contributed by atoms with van der Waals surface area (Å²) in [4.78, 5) is 14.9. The summed E-state index contributed by atoms with van der Waals surface area (Å²) in [5, 5.41) is 7.24. The van der Waals surface area contributed by atoms with Gasteiger partial charge in [0.2, 0.25) is 0 Å². The Hall–Kier alpha value is -3.23. The van der Waals surface area contributed by atoms with E-state index in [9.17, 15) is 9.18 Å². The molecular weight excluding hydrogens is 389 g/mol. The van der Waals surface area contributed by atoms with Gasteiger partial charge in [-0.3, -0.25) is 9.89 Å². The van der Waals surface area contributed by atoms with E-state index in [4.69, 9.17) is 14.2 Å². The second kappa shape index (κ2) is 8.25. The van der Waals surface area contributed by atoms with Gasteiger partial charge in [0, 0.05) is 25.3 Å². The van der Waals surface area contributed by atoms with Crippen LogP contribution in [-0.2, 0) is 9.47 Å². The fraction of sp³-hybridized carbons (Fsp3) is 0.273. The van der Waals surface area contributed by atoms with Crippen LogP contribution in [0.5, 0.6) is 5.75 Å². The van der Waals surface area contributed by atoms with Crippen molar-refractivity contribution in [3.05, 3.63) is 71.2 Å². The predicted molar refractivity (Wildman–Crippen MR) is 108 cm³/mol. The summed E-state index contributed by atoms with van der Waals surface area (Å²) in [6, 6.07) is 13.1. The summed E-state index contributed by atoms with van der Waals surface area (Å²) < 4.78 is 29.4. The Kier molecular flexibility index (Phi) is 5.52. The van der Waals surface area contributed by atoms with Crippen molar-refractivity contribution in [2.24, 2.45) is 0 Å². The van der Waals surface area contributed by atoms with Gasteiger partial charge in [-0.1, -0.05) is 12.1 Å². The van der Waals surface area contributed by atoms with Crippen molar-refractivity contribution >= 4 is 5.91 Å². The highest BCUT2D eigenvalue weighted by molar-refractivity contribution is 6.00. The van der Waals surface area contributed by atoms with E-state index >= 15 is 0 Å². The fourth-order valence-electron chi connectivity index (χ4n) is 3.75. The minimum atomic E-state index is -0.582. The number of amides is 1. The van der Waals surface area contributed by atoms with Gasteiger partial charge < -0.3 is 19.1 Å². The standard InChI is InChI=1S/C22H22FN3O4/c1-28-16-10-6-14(7-11-16)21-18-19(13-4-8-15(23)9-5-13)24-25-20(18)22(27)26(21)12-17(29-2)30-3/h4-11,17,21H,12H2,1-3H3,(H,24,25). The van der Waals surface area contributed by atoms with E-state index in [0.717, 1.165) is 16.7 Å². The summed E-state index contributed by atoms with van der Waals surface area (Å²) >= 11 is 0. The largest absolute Gasteiger partial charge is 0.497 e. The Balaban J connectivity index is 1.83. The molecule has 1 amide bonds. The zero-order chi connectivity index (χ0) is 21.3. The van der Waals surface area contributed by atoms with Crippen LogP contribution >= 0.6 is 0 Å². The van der Waals surface area contributed by atoms with Gasteiger partial charge in [-0.15, -0.1) is 0 Å². The van der Waals surface area contributed by atoms with Crippen molar-refractivity contribution < 1.29 is 23.4 Å². The van der Waals surface area contributed by atoms with Gasteiger partial charge in [-0.05, 0) is 42.0 Å². The van der Waals surface area contributed by atoms with Crippen LogP contribution in [0.2, 0.25) is 0 Å². The van der Waals surface area contributed by atoms with Crippen molar-refractivity contribution in [2.45, 2.75) is 12.3 Å². The third-order valence-electron chi connectivity index (χ3n) is 5.28. The minimum Gasteiger partial charge on any atom is -0.497 e. The van der Waals surface area contributed by atoms with Crippen LogP contribution < -0.4 is 4.74 Å². The van der Waals surface area contributed by atoms with Crippen LogP contribution in [0, 0.1) is 5.82 Å². The molecule has 0 bridgehead atoms. The lowest BCUT2D eigenvalue weighted by Crippen LogP contribution is -2.38. The normalized spacial score (nSPS) is 15.7. The van der Waals surface area contributed by atoms with Crippen molar-refractivity contribution in [3.63, 3.8) is 0 Å². The number of hydrogen-bond donors (Lipinski definition) is 1. The Morgan fingerprint density at radius 3 is 2.33 bits per heavy atom. The van der Waals surface area contributed by atoms with Gasteiger partial charge >= 0.3 is 0 Å². The lowest BCUT2D eigenvalue weighted by molar-refractivity contribution is -0.113. The van der Waals surface area contributed by atoms with E-state index in [1.807, 2.05) is 24.3 Å². The predicted octanol–water partition coefficient (Wildman–Crippen LogP) is 3.39. The summed E-state index contributed by atoms with van der Waals surface area (Å²) in [6.07, 6.45) is -0.582. The van der Waals surface area contributed by atoms with Crippen LogP contribution in [0.15, 0.2) is 48.5 Å². The highest BCUT2D eigenvalue weighted by Gasteiger charge is 2.43. The topological polar surface area (TPSA) is 76.7 Å². The average molecular weight is 411 g/mol. The number of aromatic nitrogens is 2. The van der Waals surface area contributed by atoms with Crippen LogP contribution in [0.1, 0.15) is 27.7 Å². The maximum absolute atomic E-state index is 13.4. The lowest BCUT2D eigenvalue weighted by Gasteiger charge is -2.29. The molecule has 0 radical (unpaired) electrons. The van der Waals surface area contributed by atoms with Gasteiger partial charge in [0.1, 0.15) is 17.3 Å². The first kappa shape index (κ1) is 20.1. The summed E-state index contributed by atoms with van der Waals surface area (Å²) in [7, 11) is 4.66. The summed E-state index contributed by atoms with van der Waals surface area (Å²) in [5.41, 5.74) is 3.35. The molecule has 8 heteroatoms. The molecule has 0 saturated carbocycles. The molecule has 1 aliphatic rings. The molecule has 0 aliphatic carbocycles. The molecule has 3 aromatic rings. The van der Waals surface area contributed by atoms with Crippen molar-refractivity contribution in [2.75, 3.05) is 27.9 Å². The number of benzene rings is 2. The molecule has 1 unspecified atom stereocenters. The number of carbonyl (C=O) groups excluding carboxylic acids is 1. The molecule has 1 atom stereocenters. The smallest absolute Gasteiger partial charge is 0.273 e. The maximum Gasteiger partial charge on any atom is 0.273 e. The number of rotatable bonds is 7. The molecule has 1 aromatic heterocycles. The molecule has 2 aromatic carbocycles. The van der Waals surface area contributed by atoms with Crippen molar-refractivity contribution in [1.29, 1.82) is 0 Å². The molecule has 4 rings (SSSR count). The third kappa shape index (κ3) is 3.44. The molecule has 7 nitrogen and oxygen atoms in total. The Morgan fingerprint density at radius 2 is 1.73 bits per heavy atom. The van der Waals surface area contributed by atoms with E-state index in [1.165, 1.54) is 26.4 Å². The Morgan fingerprint density at radius 1 is 1.07 bits per heavy atom. The highest BCUT2D eigenvalue weighted by atomic mass is 19.1. The number of fused-ring (bicyclic) bond motifs is 1. The SMILES string of the molecule is COc1ccc(C2c3c(-c4ccc(F)cc4)n[nH]c3C(=O)N2CC(OC)OC)cc1. The number of aromatic amines is 1. The summed E-state index contributed by atoms with van der Waals surface area (Å²) in [5.74, 6) is 0.177. The summed E-state index contributed by atoms with van der Waals surface area (Å²) in [6.45, 7) is 0.230. The number of halogens is 1. The second-order valence-corrected chi connectivity index (χ2v) is 6.90. The van der Waals surface area contributed by atoms with E-state index in [0.29, 0.717) is 17.1 Å². The Labute approximate surface area is 173 Å². The number of H-pyrrole nitrogens is 1. The molecule has 0 fully saturated rings. The van der Waals surface area contributed by atoms with Crippen molar-refractivity contribution in [1.82, 2.24) is 15.1 Å². The van der Waals surface area contributed by atoms with Gasteiger partial charge in [-0.25, -0.2) is 4.39 Å². The molecule has 2 heterocycles. The lowest BCUT2D eigenvalue weighted by atomic mass is 9.96. The maximum atomic E-state index is 13.4. The van der Waals surface area contributed by atoms with Crippen LogP contribution in [-0.4, -0.2) is 55.2 Å². The quantitative estimate of drug-likeness (QED) is 0.603. The molecule has 0 saturated heterocycles. The van der Waals surface area contributed by atoms with Gasteiger partial charge in [0.05, 0.1) is 25.4 Å². The van der Waals surface area contributed by atoms with E-state index < -0.39 is 12.3 Å². The number of ether oxygens (including phenoxy) is 3. The minimum absolute atomic E-state index is 0.203. The first-order chi connectivity index (χ1) is 14.6. The van der Waals surface area contributed by atoms with Gasteiger partial charge in [-0.2, -0.15) is 5.10 Å². The first-order valence-corrected chi connectivity index (χ1v) is 9.42. The molecular formula is C22H22FN3O4. The van der Waals surface area contributed by atoms with Gasteiger partial charge in [0.15, 0.2) is 6.29 Å². The molecule has 30 heavy (non-hydrogen) atoms. The Bertz CT molecular complexity index is 1030. The second-order valence-electron chi connectivity index (χ2n) is 6.90. The number of hydrogen-bond acceptors (Lipinski definition) is 5. The molecule has 0 spiro atoms. The zero-order valence-corrected chi connectivity index (χ0v) is 16.9. The van der Waals surface area contributed by atoms with E-state index in [2.05, 4.69) is 10.2 Å². The van der Waals surface area contributed by atoms with Crippen LogP contribution in [0.3, 0.4) is 0 Å². The van der Waals surface area contributed by atoms with E-state index in [1.54, 1.807) is 24.1 Å². The van der Waals surface area contributed by atoms with Crippen molar-refractivity contribution in [3.8, 4) is 17.0 Å². The number of nitrogens with zero attached hydrogens (tertiary/aromatic N) is 2. The van der Waals surface area contributed by atoms with E-state index in [-0.39, 0.29) is 18.3 Å². The number of nitrogens with one attached hydrogen (secondary N) is 1. The third-order valence-corrected chi connectivity index (χ3v) is 5.28. The molecule has 1 aliphatic heterocycles. The molecule has 1 N–H and O–H groups in total. The zero-order valence-electron chi connectivity index (χ0n) is 16.9. The fourth-order valence-corrected chi connectivity index (χ4v) is 3.75. The number of methoxy groups -OCH3 is 3. The average Bonchev–Trinajstić information content (AvgIpc) is 3.32.